The van der Waals surface area contributed by atoms with Crippen LogP contribution in [0.5, 0.6) is 5.75 Å². The molecule has 1 heterocycles. The van der Waals surface area contributed by atoms with E-state index in [0.717, 1.165) is 16.7 Å². The van der Waals surface area contributed by atoms with Crippen molar-refractivity contribution < 1.29 is 13.9 Å². The number of methoxy groups -OCH3 is 1. The second-order valence-electron chi connectivity index (χ2n) is 4.10. The van der Waals surface area contributed by atoms with Crippen molar-refractivity contribution in [3.05, 3.63) is 46.3 Å². The SMILES string of the molecule is CNc1ncc(F)cc1C(=O)Nc1cc(Br)ccc1OC. The summed E-state index contributed by atoms with van der Waals surface area (Å²) in [5.41, 5.74) is 0.586. The molecule has 0 fully saturated rings. The summed E-state index contributed by atoms with van der Waals surface area (Å²) in [6, 6.07) is 6.32. The van der Waals surface area contributed by atoms with Crippen LogP contribution in [-0.2, 0) is 0 Å². The molecule has 0 aliphatic rings. The van der Waals surface area contributed by atoms with Crippen LogP contribution in [-0.4, -0.2) is 25.0 Å². The van der Waals surface area contributed by atoms with E-state index < -0.39 is 11.7 Å². The minimum Gasteiger partial charge on any atom is -0.495 e. The van der Waals surface area contributed by atoms with E-state index in [1.165, 1.54) is 7.11 Å². The number of carbonyl (C=O) groups excluding carboxylic acids is 1. The molecule has 1 aromatic carbocycles. The van der Waals surface area contributed by atoms with Gasteiger partial charge in [-0.1, -0.05) is 15.9 Å². The second kappa shape index (κ2) is 6.53. The summed E-state index contributed by atoms with van der Waals surface area (Å²) in [6.45, 7) is 0. The Morgan fingerprint density at radius 3 is 2.81 bits per heavy atom. The van der Waals surface area contributed by atoms with Crippen LogP contribution in [0.3, 0.4) is 0 Å². The highest BCUT2D eigenvalue weighted by molar-refractivity contribution is 9.10. The number of aromatic nitrogens is 1. The van der Waals surface area contributed by atoms with Crippen molar-refractivity contribution in [2.75, 3.05) is 24.8 Å². The van der Waals surface area contributed by atoms with E-state index in [1.54, 1.807) is 25.2 Å². The van der Waals surface area contributed by atoms with Gasteiger partial charge in [-0.25, -0.2) is 9.37 Å². The van der Waals surface area contributed by atoms with Crippen molar-refractivity contribution in [1.29, 1.82) is 0 Å². The fraction of sp³-hybridized carbons (Fsp3) is 0.143. The Bertz CT molecular complexity index is 679. The lowest BCUT2D eigenvalue weighted by Gasteiger charge is -2.12. The lowest BCUT2D eigenvalue weighted by Crippen LogP contribution is -2.15. The van der Waals surface area contributed by atoms with Crippen molar-refractivity contribution in [3.63, 3.8) is 0 Å². The first-order valence-corrected chi connectivity index (χ1v) is 6.82. The number of nitrogens with one attached hydrogen (secondary N) is 2. The van der Waals surface area contributed by atoms with Crippen LogP contribution < -0.4 is 15.4 Å². The topological polar surface area (TPSA) is 63.2 Å². The number of pyridine rings is 1. The molecular weight excluding hydrogens is 341 g/mol. The number of ether oxygens (including phenoxy) is 1. The molecule has 2 aromatic rings. The Labute approximate surface area is 129 Å². The number of halogens is 2. The Kier molecular flexibility index (Phi) is 4.74. The van der Waals surface area contributed by atoms with Crippen molar-refractivity contribution in [3.8, 4) is 5.75 Å². The summed E-state index contributed by atoms with van der Waals surface area (Å²) >= 11 is 3.32. The van der Waals surface area contributed by atoms with E-state index in [-0.39, 0.29) is 5.56 Å². The fourth-order valence-corrected chi connectivity index (χ4v) is 2.14. The molecule has 110 valence electrons. The highest BCUT2D eigenvalue weighted by Gasteiger charge is 2.15. The van der Waals surface area contributed by atoms with Crippen molar-refractivity contribution in [2.45, 2.75) is 0 Å². The molecule has 0 unspecified atom stereocenters. The first-order chi connectivity index (χ1) is 10.0. The van der Waals surface area contributed by atoms with Gasteiger partial charge < -0.3 is 15.4 Å². The summed E-state index contributed by atoms with van der Waals surface area (Å²) < 4.78 is 19.2. The second-order valence-corrected chi connectivity index (χ2v) is 5.01. The van der Waals surface area contributed by atoms with Crippen LogP contribution in [0.25, 0.3) is 0 Å². The highest BCUT2D eigenvalue weighted by Crippen LogP contribution is 2.28. The maximum Gasteiger partial charge on any atom is 0.259 e. The fourth-order valence-electron chi connectivity index (χ4n) is 1.78. The predicted octanol–water partition coefficient (Wildman–Crippen LogP) is 3.29. The van der Waals surface area contributed by atoms with Gasteiger partial charge in [0.25, 0.3) is 5.91 Å². The van der Waals surface area contributed by atoms with Gasteiger partial charge >= 0.3 is 0 Å². The number of hydrogen-bond donors (Lipinski definition) is 2. The summed E-state index contributed by atoms with van der Waals surface area (Å²) in [5.74, 6) is -0.270. The highest BCUT2D eigenvalue weighted by atomic mass is 79.9. The van der Waals surface area contributed by atoms with E-state index in [4.69, 9.17) is 4.74 Å². The molecule has 2 N–H and O–H groups in total. The van der Waals surface area contributed by atoms with Gasteiger partial charge in [0.15, 0.2) is 0 Å². The summed E-state index contributed by atoms with van der Waals surface area (Å²) in [4.78, 5) is 16.1. The lowest BCUT2D eigenvalue weighted by atomic mass is 10.2. The smallest absolute Gasteiger partial charge is 0.259 e. The van der Waals surface area contributed by atoms with E-state index in [0.29, 0.717) is 17.3 Å². The largest absolute Gasteiger partial charge is 0.495 e. The van der Waals surface area contributed by atoms with Crippen LogP contribution in [0.2, 0.25) is 0 Å². The quantitative estimate of drug-likeness (QED) is 0.885. The van der Waals surface area contributed by atoms with Gasteiger partial charge in [0.05, 0.1) is 24.6 Å². The summed E-state index contributed by atoms with van der Waals surface area (Å²) in [5, 5.41) is 5.43. The van der Waals surface area contributed by atoms with Crippen molar-refractivity contribution in [1.82, 2.24) is 4.98 Å². The van der Waals surface area contributed by atoms with E-state index in [2.05, 4.69) is 31.5 Å². The number of hydrogen-bond acceptors (Lipinski definition) is 4. The summed E-state index contributed by atoms with van der Waals surface area (Å²) in [6.07, 6.45) is 1.04. The van der Waals surface area contributed by atoms with Gasteiger partial charge in [0.2, 0.25) is 0 Å². The zero-order valence-electron chi connectivity index (χ0n) is 11.4. The number of amides is 1. The molecule has 0 saturated heterocycles. The maximum absolute atomic E-state index is 13.3. The number of anilines is 2. The first-order valence-electron chi connectivity index (χ1n) is 6.03. The van der Waals surface area contributed by atoms with Crippen LogP contribution in [0, 0.1) is 5.82 Å². The molecule has 21 heavy (non-hydrogen) atoms. The third-order valence-corrected chi connectivity index (χ3v) is 3.24. The molecule has 5 nitrogen and oxygen atoms in total. The minimum absolute atomic E-state index is 0.111. The molecule has 0 aliphatic carbocycles. The molecule has 2 rings (SSSR count). The number of carbonyl (C=O) groups is 1. The molecule has 0 aliphatic heterocycles. The van der Waals surface area contributed by atoms with Crippen molar-refractivity contribution >= 4 is 33.3 Å². The predicted molar refractivity (Wildman–Crippen MR) is 82.4 cm³/mol. The van der Waals surface area contributed by atoms with Gasteiger partial charge in [-0.15, -0.1) is 0 Å². The standard InChI is InChI=1S/C14H13BrFN3O2/c1-17-13-10(6-9(16)7-18-13)14(20)19-11-5-8(15)3-4-12(11)21-2/h3-7H,1-2H3,(H,17,18)(H,19,20). The number of benzene rings is 1. The number of rotatable bonds is 4. The molecular formula is C14H13BrFN3O2. The Balaban J connectivity index is 2.34. The molecule has 0 bridgehead atoms. The molecule has 7 heteroatoms. The first kappa shape index (κ1) is 15.2. The molecule has 0 radical (unpaired) electrons. The van der Waals surface area contributed by atoms with Gasteiger partial charge in [0.1, 0.15) is 17.4 Å². The average Bonchev–Trinajstić information content (AvgIpc) is 2.47. The Morgan fingerprint density at radius 1 is 1.38 bits per heavy atom. The minimum atomic E-state index is -0.583. The molecule has 1 aromatic heterocycles. The van der Waals surface area contributed by atoms with Gasteiger partial charge in [-0.2, -0.15) is 0 Å². The molecule has 0 saturated carbocycles. The third-order valence-electron chi connectivity index (χ3n) is 2.75. The Hall–Kier alpha value is -2.15. The van der Waals surface area contributed by atoms with E-state index >= 15 is 0 Å². The van der Waals surface area contributed by atoms with Crippen LogP contribution in [0.1, 0.15) is 10.4 Å². The third kappa shape index (κ3) is 3.49. The number of nitrogens with zero attached hydrogens (tertiary/aromatic N) is 1. The van der Waals surface area contributed by atoms with Gasteiger partial charge in [-0.05, 0) is 24.3 Å². The zero-order chi connectivity index (χ0) is 15.4. The molecule has 0 spiro atoms. The van der Waals surface area contributed by atoms with Crippen molar-refractivity contribution in [2.24, 2.45) is 0 Å². The van der Waals surface area contributed by atoms with Crippen LogP contribution in [0.15, 0.2) is 34.9 Å². The van der Waals surface area contributed by atoms with Gasteiger partial charge in [0, 0.05) is 11.5 Å². The summed E-state index contributed by atoms with van der Waals surface area (Å²) in [7, 11) is 3.11. The zero-order valence-corrected chi connectivity index (χ0v) is 13.0. The average molecular weight is 354 g/mol. The van der Waals surface area contributed by atoms with Crippen LogP contribution >= 0.6 is 15.9 Å². The molecule has 0 atom stereocenters. The van der Waals surface area contributed by atoms with E-state index in [9.17, 15) is 9.18 Å². The lowest BCUT2D eigenvalue weighted by molar-refractivity contribution is 0.102. The maximum atomic E-state index is 13.3. The normalized spacial score (nSPS) is 10.1. The Morgan fingerprint density at radius 2 is 2.14 bits per heavy atom. The molecule has 1 amide bonds. The van der Waals surface area contributed by atoms with Gasteiger partial charge in [-0.3, -0.25) is 4.79 Å². The van der Waals surface area contributed by atoms with E-state index in [1.807, 2.05) is 0 Å². The van der Waals surface area contributed by atoms with Crippen LogP contribution in [0.4, 0.5) is 15.9 Å². The monoisotopic (exact) mass is 353 g/mol.